The fraction of sp³-hybridized carbons (Fsp3) is 0.769. The van der Waals surface area contributed by atoms with E-state index in [1.54, 1.807) is 0 Å². The van der Waals surface area contributed by atoms with Gasteiger partial charge >= 0.3 is 0 Å². The van der Waals surface area contributed by atoms with Crippen molar-refractivity contribution in [2.75, 3.05) is 25.5 Å². The van der Waals surface area contributed by atoms with E-state index in [0.717, 1.165) is 5.95 Å². The van der Waals surface area contributed by atoms with Crippen LogP contribution in [-0.2, 0) is 0 Å². The molecule has 2 atom stereocenters. The van der Waals surface area contributed by atoms with Crippen LogP contribution in [0.5, 0.6) is 0 Å². The summed E-state index contributed by atoms with van der Waals surface area (Å²) in [6.45, 7) is 9.02. The molecule has 4 heteroatoms. The Hall–Kier alpha value is -1.03. The maximum absolute atomic E-state index is 4.42. The third-order valence-corrected chi connectivity index (χ3v) is 3.65. The van der Waals surface area contributed by atoms with Gasteiger partial charge in [-0.3, -0.25) is 0 Å². The zero-order valence-corrected chi connectivity index (χ0v) is 11.3. The van der Waals surface area contributed by atoms with Gasteiger partial charge in [-0.2, -0.15) is 0 Å². The largest absolute Gasteiger partial charge is 0.353 e. The average molecular weight is 236 g/mol. The lowest BCUT2D eigenvalue weighted by molar-refractivity contribution is 0.205. The molecular formula is C13H24N4. The second-order valence-corrected chi connectivity index (χ2v) is 5.53. The zero-order chi connectivity index (χ0) is 12.4. The molecule has 0 spiro atoms. The Balaban J connectivity index is 2.03. The van der Waals surface area contributed by atoms with Crippen molar-refractivity contribution in [1.82, 2.24) is 14.5 Å². The Labute approximate surface area is 104 Å². The Morgan fingerprint density at radius 3 is 2.88 bits per heavy atom. The summed E-state index contributed by atoms with van der Waals surface area (Å²) in [5.74, 6) is 1.69. The summed E-state index contributed by atoms with van der Waals surface area (Å²) < 4.78 is 2.20. The van der Waals surface area contributed by atoms with Crippen LogP contribution in [0.1, 0.15) is 33.2 Å². The van der Waals surface area contributed by atoms with E-state index in [4.69, 9.17) is 0 Å². The average Bonchev–Trinajstić information content (AvgIpc) is 2.70. The Bertz CT molecular complexity index is 358. The number of nitrogens with one attached hydrogen (secondary N) is 1. The summed E-state index contributed by atoms with van der Waals surface area (Å²) in [6.07, 6.45) is 5.12. The van der Waals surface area contributed by atoms with Crippen LogP contribution in [0.3, 0.4) is 0 Å². The molecule has 4 nitrogen and oxygen atoms in total. The quantitative estimate of drug-likeness (QED) is 0.873. The minimum atomic E-state index is 0.460. The zero-order valence-electron chi connectivity index (χ0n) is 11.3. The monoisotopic (exact) mass is 236 g/mol. The van der Waals surface area contributed by atoms with Crippen molar-refractivity contribution in [2.24, 2.45) is 5.92 Å². The minimum Gasteiger partial charge on any atom is -0.353 e. The molecule has 0 saturated carbocycles. The number of hydrogen-bond donors (Lipinski definition) is 1. The van der Waals surface area contributed by atoms with Crippen LogP contribution in [0.2, 0.25) is 0 Å². The van der Waals surface area contributed by atoms with Gasteiger partial charge in [0.15, 0.2) is 0 Å². The fourth-order valence-corrected chi connectivity index (χ4v) is 2.58. The van der Waals surface area contributed by atoms with Gasteiger partial charge in [-0.05, 0) is 39.8 Å². The van der Waals surface area contributed by atoms with Gasteiger partial charge in [0.2, 0.25) is 5.95 Å². The van der Waals surface area contributed by atoms with Gasteiger partial charge in [-0.1, -0.05) is 6.92 Å². The van der Waals surface area contributed by atoms with Crippen molar-refractivity contribution in [3.05, 3.63) is 12.4 Å². The molecule has 0 bridgehead atoms. The first kappa shape index (κ1) is 12.4. The summed E-state index contributed by atoms with van der Waals surface area (Å²) in [4.78, 5) is 6.82. The van der Waals surface area contributed by atoms with E-state index in [1.807, 2.05) is 12.4 Å². The molecule has 2 heterocycles. The molecule has 17 heavy (non-hydrogen) atoms. The van der Waals surface area contributed by atoms with E-state index in [2.05, 4.69) is 47.6 Å². The van der Waals surface area contributed by atoms with Crippen molar-refractivity contribution >= 4 is 5.95 Å². The third kappa shape index (κ3) is 2.80. The molecule has 96 valence electrons. The molecule has 0 radical (unpaired) electrons. The van der Waals surface area contributed by atoms with Crippen molar-refractivity contribution < 1.29 is 0 Å². The topological polar surface area (TPSA) is 33.1 Å². The molecule has 1 aliphatic rings. The molecule has 0 aliphatic carbocycles. The number of rotatable bonds is 3. The molecule has 1 aliphatic heterocycles. The first-order chi connectivity index (χ1) is 8.08. The second kappa shape index (κ2) is 5.08. The van der Waals surface area contributed by atoms with Crippen LogP contribution in [0.15, 0.2) is 12.4 Å². The number of likely N-dealkylation sites (tertiary alicyclic amines) is 1. The number of aromatic nitrogens is 2. The first-order valence-electron chi connectivity index (χ1n) is 6.56. The van der Waals surface area contributed by atoms with Crippen LogP contribution >= 0.6 is 0 Å². The number of imidazole rings is 1. The highest BCUT2D eigenvalue weighted by Crippen LogP contribution is 2.21. The van der Waals surface area contributed by atoms with Gasteiger partial charge in [0.25, 0.3) is 0 Å². The van der Waals surface area contributed by atoms with Crippen molar-refractivity contribution in [2.45, 2.75) is 39.3 Å². The number of hydrogen-bond acceptors (Lipinski definition) is 3. The summed E-state index contributed by atoms with van der Waals surface area (Å²) in [7, 11) is 2.20. The smallest absolute Gasteiger partial charge is 0.203 e. The van der Waals surface area contributed by atoms with Gasteiger partial charge < -0.3 is 14.8 Å². The molecule has 1 fully saturated rings. The Morgan fingerprint density at radius 1 is 1.47 bits per heavy atom. The lowest BCUT2D eigenvalue weighted by Gasteiger charge is -2.35. The molecule has 1 N–H and O–H groups in total. The Morgan fingerprint density at radius 2 is 2.24 bits per heavy atom. The summed E-state index contributed by atoms with van der Waals surface area (Å²) in [6, 6.07) is 1.01. The SMILES string of the molecule is CC1CN(C)CCC1Nc1nccn1C(C)C. The molecule has 1 aromatic rings. The molecule has 0 aromatic carbocycles. The molecule has 1 aromatic heterocycles. The van der Waals surface area contributed by atoms with E-state index < -0.39 is 0 Å². The number of anilines is 1. The highest BCUT2D eigenvalue weighted by molar-refractivity contribution is 5.29. The molecule has 2 unspecified atom stereocenters. The van der Waals surface area contributed by atoms with Crippen LogP contribution in [0.4, 0.5) is 5.95 Å². The van der Waals surface area contributed by atoms with Crippen molar-refractivity contribution in [3.8, 4) is 0 Å². The van der Waals surface area contributed by atoms with E-state index in [-0.39, 0.29) is 0 Å². The Kier molecular flexibility index (Phi) is 3.72. The fourth-order valence-electron chi connectivity index (χ4n) is 2.58. The third-order valence-electron chi connectivity index (χ3n) is 3.65. The molecule has 0 amide bonds. The van der Waals surface area contributed by atoms with E-state index >= 15 is 0 Å². The molecular weight excluding hydrogens is 212 g/mol. The maximum Gasteiger partial charge on any atom is 0.203 e. The number of nitrogens with zero attached hydrogens (tertiary/aromatic N) is 3. The highest BCUT2D eigenvalue weighted by Gasteiger charge is 2.25. The maximum atomic E-state index is 4.42. The highest BCUT2D eigenvalue weighted by atomic mass is 15.2. The van der Waals surface area contributed by atoms with Crippen LogP contribution in [-0.4, -0.2) is 40.6 Å². The van der Waals surface area contributed by atoms with Gasteiger partial charge in [0.05, 0.1) is 0 Å². The lowest BCUT2D eigenvalue weighted by atomic mass is 9.94. The van der Waals surface area contributed by atoms with E-state index in [0.29, 0.717) is 18.0 Å². The summed E-state index contributed by atoms with van der Waals surface area (Å²) >= 11 is 0. The van der Waals surface area contributed by atoms with Gasteiger partial charge in [0, 0.05) is 31.0 Å². The number of piperidine rings is 1. The standard InChI is InChI=1S/C13H24N4/c1-10(2)17-8-6-14-13(17)15-12-5-7-16(4)9-11(12)3/h6,8,10-12H,5,7,9H2,1-4H3,(H,14,15). The van der Waals surface area contributed by atoms with Crippen molar-refractivity contribution in [3.63, 3.8) is 0 Å². The summed E-state index contributed by atoms with van der Waals surface area (Å²) in [5.41, 5.74) is 0. The van der Waals surface area contributed by atoms with E-state index in [1.165, 1.54) is 19.5 Å². The molecule has 1 saturated heterocycles. The van der Waals surface area contributed by atoms with Gasteiger partial charge in [-0.25, -0.2) is 4.98 Å². The van der Waals surface area contributed by atoms with Gasteiger partial charge in [-0.15, -0.1) is 0 Å². The van der Waals surface area contributed by atoms with Crippen molar-refractivity contribution in [1.29, 1.82) is 0 Å². The van der Waals surface area contributed by atoms with Gasteiger partial charge in [0.1, 0.15) is 0 Å². The molecule has 2 rings (SSSR count). The minimum absolute atomic E-state index is 0.460. The predicted octanol–water partition coefficient (Wildman–Crippen LogP) is 2.22. The van der Waals surface area contributed by atoms with E-state index in [9.17, 15) is 0 Å². The lowest BCUT2D eigenvalue weighted by Crippen LogP contribution is -2.43. The first-order valence-corrected chi connectivity index (χ1v) is 6.56. The second-order valence-electron chi connectivity index (χ2n) is 5.53. The summed E-state index contributed by atoms with van der Waals surface area (Å²) in [5, 5.41) is 3.61. The predicted molar refractivity (Wildman–Crippen MR) is 71.3 cm³/mol. The van der Waals surface area contributed by atoms with Crippen LogP contribution in [0, 0.1) is 5.92 Å². The van der Waals surface area contributed by atoms with Crippen LogP contribution < -0.4 is 5.32 Å². The van der Waals surface area contributed by atoms with Crippen LogP contribution in [0.25, 0.3) is 0 Å². The normalized spacial score (nSPS) is 26.4.